The van der Waals surface area contributed by atoms with Gasteiger partial charge in [0.05, 0.1) is 0 Å². The van der Waals surface area contributed by atoms with Crippen LogP contribution in [0.1, 0.15) is 50.0 Å². The Balaban J connectivity index is 0.00000288. The first-order valence-corrected chi connectivity index (χ1v) is 8.58. The molecule has 1 heterocycles. The molecule has 2 unspecified atom stereocenters. The number of carbonyl (C=O) groups excluding carboxylic acids is 1. The molecule has 0 aliphatic carbocycles. The lowest BCUT2D eigenvalue weighted by molar-refractivity contribution is 0.0445. The van der Waals surface area contributed by atoms with Crippen molar-refractivity contribution < 1.29 is 4.79 Å². The standard InChI is InChI=1S/C19H31N3O.2ClH/c1-13-8-14(2)11-22(10-13)19(4,5)12-21-18(23)17-9-16(20)7-6-15(17)3;;/h6-7,9,13-14H,8,10-12,20H2,1-5H3,(H,21,23);2*1H. The number of likely N-dealkylation sites (tertiary alicyclic amines) is 1. The van der Waals surface area contributed by atoms with Gasteiger partial charge in [0, 0.05) is 36.4 Å². The molecule has 1 amide bonds. The van der Waals surface area contributed by atoms with Gasteiger partial charge in [0.15, 0.2) is 0 Å². The quantitative estimate of drug-likeness (QED) is 0.767. The van der Waals surface area contributed by atoms with Gasteiger partial charge in [-0.25, -0.2) is 0 Å². The average molecular weight is 390 g/mol. The van der Waals surface area contributed by atoms with Crippen molar-refractivity contribution in [2.24, 2.45) is 11.8 Å². The monoisotopic (exact) mass is 389 g/mol. The highest BCUT2D eigenvalue weighted by Gasteiger charge is 2.33. The Labute approximate surface area is 164 Å². The third-order valence-electron chi connectivity index (χ3n) is 4.91. The van der Waals surface area contributed by atoms with Crippen LogP contribution >= 0.6 is 24.8 Å². The Kier molecular flexibility index (Phi) is 9.28. The Hall–Kier alpha value is -0.970. The molecule has 1 aromatic carbocycles. The third-order valence-corrected chi connectivity index (χ3v) is 4.91. The molecule has 0 saturated carbocycles. The molecule has 2 atom stereocenters. The van der Waals surface area contributed by atoms with E-state index in [2.05, 4.69) is 37.9 Å². The Morgan fingerprint density at radius 2 is 1.80 bits per heavy atom. The van der Waals surface area contributed by atoms with Crippen LogP contribution in [0.25, 0.3) is 0 Å². The molecule has 0 spiro atoms. The number of benzene rings is 1. The van der Waals surface area contributed by atoms with E-state index in [0.717, 1.165) is 18.7 Å². The third kappa shape index (κ3) is 6.36. The largest absolute Gasteiger partial charge is 0.399 e. The van der Waals surface area contributed by atoms with Crippen LogP contribution in [0.3, 0.4) is 0 Å². The molecule has 25 heavy (non-hydrogen) atoms. The summed E-state index contributed by atoms with van der Waals surface area (Å²) in [5.41, 5.74) is 8.00. The Morgan fingerprint density at radius 1 is 1.24 bits per heavy atom. The molecule has 1 aliphatic heterocycles. The number of carbonyl (C=O) groups is 1. The number of piperidine rings is 1. The fourth-order valence-electron chi connectivity index (χ4n) is 3.55. The average Bonchev–Trinajstić information content (AvgIpc) is 2.46. The number of rotatable bonds is 4. The number of aryl methyl sites for hydroxylation is 1. The van der Waals surface area contributed by atoms with E-state index in [9.17, 15) is 4.79 Å². The summed E-state index contributed by atoms with van der Waals surface area (Å²) in [4.78, 5) is 15.0. The molecule has 1 saturated heterocycles. The first-order chi connectivity index (χ1) is 10.7. The zero-order valence-electron chi connectivity index (χ0n) is 16.0. The molecule has 0 radical (unpaired) electrons. The Bertz CT molecular complexity index is 568. The summed E-state index contributed by atoms with van der Waals surface area (Å²) >= 11 is 0. The molecule has 2 rings (SSSR count). The van der Waals surface area contributed by atoms with Crippen molar-refractivity contribution in [3.05, 3.63) is 29.3 Å². The van der Waals surface area contributed by atoms with Crippen molar-refractivity contribution in [2.75, 3.05) is 25.4 Å². The number of anilines is 1. The van der Waals surface area contributed by atoms with Gasteiger partial charge < -0.3 is 11.1 Å². The second kappa shape index (κ2) is 9.65. The lowest BCUT2D eigenvalue weighted by atomic mass is 9.88. The number of nitrogen functional groups attached to an aromatic ring is 1. The second-order valence-electron chi connectivity index (χ2n) is 7.92. The number of hydrogen-bond acceptors (Lipinski definition) is 3. The van der Waals surface area contributed by atoms with Crippen LogP contribution in [0, 0.1) is 18.8 Å². The summed E-state index contributed by atoms with van der Waals surface area (Å²) in [5.74, 6) is 1.38. The normalized spacial score (nSPS) is 21.0. The zero-order valence-corrected chi connectivity index (χ0v) is 17.6. The maximum atomic E-state index is 12.5. The van der Waals surface area contributed by atoms with Crippen molar-refractivity contribution in [3.63, 3.8) is 0 Å². The van der Waals surface area contributed by atoms with E-state index in [0.29, 0.717) is 29.6 Å². The minimum absolute atomic E-state index is 0. The topological polar surface area (TPSA) is 58.4 Å². The lowest BCUT2D eigenvalue weighted by Gasteiger charge is -2.45. The van der Waals surface area contributed by atoms with Crippen molar-refractivity contribution in [1.29, 1.82) is 0 Å². The van der Waals surface area contributed by atoms with Crippen LogP contribution in [-0.2, 0) is 0 Å². The summed E-state index contributed by atoms with van der Waals surface area (Å²) in [6, 6.07) is 5.47. The number of hydrogen-bond donors (Lipinski definition) is 2. The first-order valence-electron chi connectivity index (χ1n) is 8.58. The molecule has 0 aromatic heterocycles. The zero-order chi connectivity index (χ0) is 17.2. The van der Waals surface area contributed by atoms with Gasteiger partial charge in [0.1, 0.15) is 0 Å². The van der Waals surface area contributed by atoms with Gasteiger partial charge >= 0.3 is 0 Å². The summed E-state index contributed by atoms with van der Waals surface area (Å²) in [6.07, 6.45) is 1.29. The van der Waals surface area contributed by atoms with E-state index in [1.807, 2.05) is 19.1 Å². The van der Waals surface area contributed by atoms with Crippen LogP contribution in [-0.4, -0.2) is 36.0 Å². The molecule has 1 fully saturated rings. The predicted molar refractivity (Wildman–Crippen MR) is 111 cm³/mol. The lowest BCUT2D eigenvalue weighted by Crippen LogP contribution is -2.56. The minimum atomic E-state index is -0.0488. The summed E-state index contributed by atoms with van der Waals surface area (Å²) in [5, 5.41) is 3.10. The van der Waals surface area contributed by atoms with E-state index >= 15 is 0 Å². The highest BCUT2D eigenvalue weighted by atomic mass is 35.5. The fraction of sp³-hybridized carbons (Fsp3) is 0.632. The van der Waals surface area contributed by atoms with Crippen LogP contribution in [0.5, 0.6) is 0 Å². The second-order valence-corrected chi connectivity index (χ2v) is 7.92. The SMILES string of the molecule is Cc1ccc(N)cc1C(=O)NCC(C)(C)N1CC(C)CC(C)C1.Cl.Cl. The van der Waals surface area contributed by atoms with Crippen molar-refractivity contribution in [2.45, 2.75) is 46.6 Å². The number of halogens is 2. The van der Waals surface area contributed by atoms with Crippen LogP contribution in [0.2, 0.25) is 0 Å². The molecule has 3 N–H and O–H groups in total. The number of nitrogens with two attached hydrogens (primary N) is 1. The number of nitrogens with zero attached hydrogens (tertiary/aromatic N) is 1. The van der Waals surface area contributed by atoms with Crippen LogP contribution in [0.15, 0.2) is 18.2 Å². The summed E-state index contributed by atoms with van der Waals surface area (Å²) < 4.78 is 0. The molecule has 0 bridgehead atoms. The van der Waals surface area contributed by atoms with E-state index < -0.39 is 0 Å². The van der Waals surface area contributed by atoms with E-state index in [-0.39, 0.29) is 36.3 Å². The highest BCUT2D eigenvalue weighted by Crippen LogP contribution is 2.27. The number of amides is 1. The van der Waals surface area contributed by atoms with Gasteiger partial charge in [0.2, 0.25) is 0 Å². The first kappa shape index (κ1) is 24.0. The van der Waals surface area contributed by atoms with Gasteiger partial charge in [-0.1, -0.05) is 19.9 Å². The predicted octanol–water partition coefficient (Wildman–Crippen LogP) is 3.91. The van der Waals surface area contributed by atoms with Crippen LogP contribution in [0.4, 0.5) is 5.69 Å². The molecule has 4 nitrogen and oxygen atoms in total. The number of nitrogens with one attached hydrogen (secondary N) is 1. The molecule has 6 heteroatoms. The summed E-state index contributed by atoms with van der Waals surface area (Å²) in [6.45, 7) is 13.8. The van der Waals surface area contributed by atoms with Gasteiger partial charge in [-0.15, -0.1) is 24.8 Å². The van der Waals surface area contributed by atoms with E-state index in [1.165, 1.54) is 6.42 Å². The summed E-state index contributed by atoms with van der Waals surface area (Å²) in [7, 11) is 0. The molecular formula is C19H33Cl2N3O. The molecule has 144 valence electrons. The maximum Gasteiger partial charge on any atom is 0.251 e. The maximum absolute atomic E-state index is 12.5. The van der Waals surface area contributed by atoms with Gasteiger partial charge in [-0.2, -0.15) is 0 Å². The van der Waals surface area contributed by atoms with Crippen molar-refractivity contribution in [3.8, 4) is 0 Å². The van der Waals surface area contributed by atoms with Crippen LogP contribution < -0.4 is 11.1 Å². The van der Waals surface area contributed by atoms with Crippen molar-refractivity contribution in [1.82, 2.24) is 10.2 Å². The molecule has 1 aliphatic rings. The van der Waals surface area contributed by atoms with E-state index in [1.54, 1.807) is 6.07 Å². The van der Waals surface area contributed by atoms with Gasteiger partial charge in [-0.3, -0.25) is 9.69 Å². The Morgan fingerprint density at radius 3 is 2.36 bits per heavy atom. The van der Waals surface area contributed by atoms with E-state index in [4.69, 9.17) is 5.73 Å². The minimum Gasteiger partial charge on any atom is -0.399 e. The van der Waals surface area contributed by atoms with Gasteiger partial charge in [0.25, 0.3) is 5.91 Å². The molecule has 1 aromatic rings. The highest BCUT2D eigenvalue weighted by molar-refractivity contribution is 5.96. The smallest absolute Gasteiger partial charge is 0.251 e. The van der Waals surface area contributed by atoms with Crippen molar-refractivity contribution >= 4 is 36.4 Å². The molecular weight excluding hydrogens is 357 g/mol. The fourth-order valence-corrected chi connectivity index (χ4v) is 3.55. The van der Waals surface area contributed by atoms with Gasteiger partial charge in [-0.05, 0) is 56.7 Å².